The first-order valence-electron chi connectivity index (χ1n) is 5.55. The van der Waals surface area contributed by atoms with Crippen molar-refractivity contribution < 1.29 is 13.9 Å². The maximum atomic E-state index is 13.0. The first-order chi connectivity index (χ1) is 8.22. The molecule has 3 rings (SSSR count). The van der Waals surface area contributed by atoms with Gasteiger partial charge in [-0.25, -0.2) is 4.39 Å². The van der Waals surface area contributed by atoms with Gasteiger partial charge in [0.2, 0.25) is 0 Å². The molecule has 0 radical (unpaired) electrons. The lowest BCUT2D eigenvalue weighted by atomic mass is 9.58. The second kappa shape index (κ2) is 3.52. The molecule has 2 fully saturated rings. The molecule has 88 valence electrons. The fourth-order valence-corrected chi connectivity index (χ4v) is 2.55. The number of nitriles is 1. The van der Waals surface area contributed by atoms with Gasteiger partial charge in [-0.05, 0) is 17.7 Å². The van der Waals surface area contributed by atoms with E-state index >= 15 is 0 Å². The summed E-state index contributed by atoms with van der Waals surface area (Å²) in [6.07, 6.45) is 0. The van der Waals surface area contributed by atoms with Gasteiger partial charge in [0.05, 0.1) is 37.9 Å². The van der Waals surface area contributed by atoms with Gasteiger partial charge in [0, 0.05) is 0 Å². The molecule has 2 heterocycles. The van der Waals surface area contributed by atoms with Crippen LogP contribution in [-0.4, -0.2) is 26.4 Å². The van der Waals surface area contributed by atoms with Crippen LogP contribution in [0.25, 0.3) is 0 Å². The van der Waals surface area contributed by atoms with Crippen LogP contribution in [0.15, 0.2) is 24.3 Å². The smallest absolute Gasteiger partial charge is 0.123 e. The third-order valence-corrected chi connectivity index (χ3v) is 3.92. The Hall–Kier alpha value is -1.44. The van der Waals surface area contributed by atoms with Crippen LogP contribution in [0.2, 0.25) is 0 Å². The predicted molar refractivity (Wildman–Crippen MR) is 57.8 cm³/mol. The first-order valence-corrected chi connectivity index (χ1v) is 5.55. The van der Waals surface area contributed by atoms with E-state index in [-0.39, 0.29) is 11.2 Å². The Morgan fingerprint density at radius 3 is 2.00 bits per heavy atom. The lowest BCUT2D eigenvalue weighted by Gasteiger charge is -2.55. The molecule has 0 aliphatic carbocycles. The SMILES string of the molecule is N#CC1(C2(c3ccc(F)cc3)COC2)COC1. The molecule has 0 atom stereocenters. The third-order valence-electron chi connectivity index (χ3n) is 3.92. The van der Waals surface area contributed by atoms with Crippen molar-refractivity contribution >= 4 is 0 Å². The van der Waals surface area contributed by atoms with E-state index in [1.807, 2.05) is 0 Å². The zero-order valence-electron chi connectivity index (χ0n) is 9.28. The quantitative estimate of drug-likeness (QED) is 0.779. The Labute approximate surface area is 98.8 Å². The fourth-order valence-electron chi connectivity index (χ4n) is 2.55. The van der Waals surface area contributed by atoms with Gasteiger partial charge in [0.1, 0.15) is 11.2 Å². The van der Waals surface area contributed by atoms with Crippen LogP contribution in [0.1, 0.15) is 5.56 Å². The largest absolute Gasteiger partial charge is 0.379 e. The summed E-state index contributed by atoms with van der Waals surface area (Å²) in [6.45, 7) is 1.89. The monoisotopic (exact) mass is 233 g/mol. The summed E-state index contributed by atoms with van der Waals surface area (Å²) in [4.78, 5) is 0. The van der Waals surface area contributed by atoms with Crippen molar-refractivity contribution in [3.05, 3.63) is 35.6 Å². The van der Waals surface area contributed by atoms with Crippen LogP contribution in [0, 0.1) is 22.6 Å². The van der Waals surface area contributed by atoms with Gasteiger partial charge in [-0.3, -0.25) is 0 Å². The Morgan fingerprint density at radius 2 is 1.65 bits per heavy atom. The molecule has 1 aromatic carbocycles. The van der Waals surface area contributed by atoms with Crippen molar-refractivity contribution in [3.63, 3.8) is 0 Å². The Kier molecular flexibility index (Phi) is 2.22. The van der Waals surface area contributed by atoms with Gasteiger partial charge in [0.25, 0.3) is 0 Å². The molecule has 2 aliphatic heterocycles. The second-order valence-corrected chi connectivity index (χ2v) is 4.77. The highest BCUT2D eigenvalue weighted by molar-refractivity contribution is 5.37. The first kappa shape index (κ1) is 10.7. The lowest BCUT2D eigenvalue weighted by Crippen LogP contribution is -2.66. The Balaban J connectivity index is 2.03. The molecule has 17 heavy (non-hydrogen) atoms. The van der Waals surface area contributed by atoms with Crippen LogP contribution >= 0.6 is 0 Å². The molecule has 2 aliphatic rings. The van der Waals surface area contributed by atoms with Crippen molar-refractivity contribution in [3.8, 4) is 6.07 Å². The molecule has 1 aromatic rings. The number of nitrogens with zero attached hydrogens (tertiary/aromatic N) is 1. The number of halogens is 1. The average Bonchev–Trinajstić information content (AvgIpc) is 2.22. The van der Waals surface area contributed by atoms with E-state index in [1.165, 1.54) is 12.1 Å². The Morgan fingerprint density at radius 1 is 1.06 bits per heavy atom. The van der Waals surface area contributed by atoms with Crippen molar-refractivity contribution in [2.45, 2.75) is 5.41 Å². The van der Waals surface area contributed by atoms with Gasteiger partial charge >= 0.3 is 0 Å². The van der Waals surface area contributed by atoms with E-state index in [2.05, 4.69) is 6.07 Å². The summed E-state index contributed by atoms with van der Waals surface area (Å²) >= 11 is 0. The van der Waals surface area contributed by atoms with E-state index in [0.717, 1.165) is 5.56 Å². The van der Waals surface area contributed by atoms with Crippen LogP contribution in [-0.2, 0) is 14.9 Å². The highest BCUT2D eigenvalue weighted by Crippen LogP contribution is 2.51. The molecule has 0 aromatic heterocycles. The highest BCUT2D eigenvalue weighted by Gasteiger charge is 2.61. The molecule has 3 nitrogen and oxygen atoms in total. The molecule has 2 saturated heterocycles. The third kappa shape index (κ3) is 1.27. The predicted octanol–water partition coefficient (Wildman–Crippen LogP) is 1.63. The topological polar surface area (TPSA) is 42.2 Å². The van der Waals surface area contributed by atoms with E-state index in [1.54, 1.807) is 12.1 Å². The number of hydrogen-bond acceptors (Lipinski definition) is 3. The summed E-state index contributed by atoms with van der Waals surface area (Å²) in [5.41, 5.74) is 0.131. The molecule has 0 unspecified atom stereocenters. The van der Waals surface area contributed by atoms with Gasteiger partial charge in [-0.2, -0.15) is 5.26 Å². The normalized spacial score (nSPS) is 24.2. The summed E-state index contributed by atoms with van der Waals surface area (Å²) in [6, 6.07) is 8.72. The lowest BCUT2D eigenvalue weighted by molar-refractivity contribution is -0.201. The Bertz CT molecular complexity index is 469. The van der Waals surface area contributed by atoms with Crippen molar-refractivity contribution in [2.75, 3.05) is 26.4 Å². The number of hydrogen-bond donors (Lipinski definition) is 0. The van der Waals surface area contributed by atoms with E-state index in [0.29, 0.717) is 26.4 Å². The van der Waals surface area contributed by atoms with Gasteiger partial charge in [0.15, 0.2) is 0 Å². The number of benzene rings is 1. The highest BCUT2D eigenvalue weighted by atomic mass is 19.1. The molecule has 0 spiro atoms. The standard InChI is InChI=1S/C13H12FNO2/c14-11-3-1-10(2-4-11)13(8-17-9-13)12(5-15)6-16-7-12/h1-4H,6-9H2. The summed E-state index contributed by atoms with van der Waals surface area (Å²) in [5.74, 6) is -0.264. The van der Waals surface area contributed by atoms with Crippen LogP contribution in [0.5, 0.6) is 0 Å². The molecular formula is C13H12FNO2. The fraction of sp³-hybridized carbons (Fsp3) is 0.462. The maximum Gasteiger partial charge on any atom is 0.123 e. The molecule has 0 N–H and O–H groups in total. The summed E-state index contributed by atoms with van der Waals surface area (Å²) < 4.78 is 23.5. The molecular weight excluding hydrogens is 221 g/mol. The number of ether oxygens (including phenoxy) is 2. The molecule has 0 amide bonds. The zero-order valence-corrected chi connectivity index (χ0v) is 9.28. The van der Waals surface area contributed by atoms with Gasteiger partial charge in [-0.1, -0.05) is 12.1 Å². The van der Waals surface area contributed by atoms with Crippen molar-refractivity contribution in [1.82, 2.24) is 0 Å². The zero-order chi connectivity index (χ0) is 11.9. The minimum Gasteiger partial charge on any atom is -0.379 e. The maximum absolute atomic E-state index is 13.0. The summed E-state index contributed by atoms with van der Waals surface area (Å²) in [7, 11) is 0. The molecule has 0 bridgehead atoms. The van der Waals surface area contributed by atoms with Crippen LogP contribution in [0.4, 0.5) is 4.39 Å². The minimum atomic E-state index is -0.511. The number of rotatable bonds is 2. The molecule has 4 heteroatoms. The molecule has 0 saturated carbocycles. The van der Waals surface area contributed by atoms with Crippen molar-refractivity contribution in [1.29, 1.82) is 5.26 Å². The van der Waals surface area contributed by atoms with Gasteiger partial charge < -0.3 is 9.47 Å². The summed E-state index contributed by atoms with van der Waals surface area (Å²) in [5, 5.41) is 9.39. The minimum absolute atomic E-state index is 0.264. The van der Waals surface area contributed by atoms with E-state index < -0.39 is 5.41 Å². The van der Waals surface area contributed by atoms with Gasteiger partial charge in [-0.15, -0.1) is 0 Å². The van der Waals surface area contributed by atoms with E-state index in [9.17, 15) is 9.65 Å². The second-order valence-electron chi connectivity index (χ2n) is 4.77. The van der Waals surface area contributed by atoms with Crippen molar-refractivity contribution in [2.24, 2.45) is 5.41 Å². The van der Waals surface area contributed by atoms with Crippen LogP contribution < -0.4 is 0 Å². The van der Waals surface area contributed by atoms with Crippen LogP contribution in [0.3, 0.4) is 0 Å². The average molecular weight is 233 g/mol. The van der Waals surface area contributed by atoms with E-state index in [4.69, 9.17) is 9.47 Å².